The number of rotatable bonds is 3. The third-order valence-electron chi connectivity index (χ3n) is 2.48. The van der Waals surface area contributed by atoms with Crippen molar-refractivity contribution in [2.45, 2.75) is 24.9 Å². The first kappa shape index (κ1) is 10.8. The maximum Gasteiger partial charge on any atom is 0.251 e. The standard InChI is InChI=1S/C8H15F2NO2/c9-7(10)5-11-3-1-8(13,6-12)2-4-11/h7,12-13H,1-6H2. The predicted octanol–water partition coefficient (Wildman–Crippen LogP) is 0.0707. The van der Waals surface area contributed by atoms with E-state index in [2.05, 4.69) is 0 Å². The number of alkyl halides is 2. The minimum absolute atomic E-state index is 0.235. The van der Waals surface area contributed by atoms with E-state index in [1.165, 1.54) is 0 Å². The number of aliphatic hydroxyl groups excluding tert-OH is 1. The Labute approximate surface area is 76.0 Å². The largest absolute Gasteiger partial charge is 0.393 e. The molecule has 0 atom stereocenters. The lowest BCUT2D eigenvalue weighted by molar-refractivity contribution is -0.0660. The van der Waals surface area contributed by atoms with Crippen LogP contribution in [-0.4, -0.2) is 53.4 Å². The van der Waals surface area contributed by atoms with E-state index in [1.807, 2.05) is 0 Å². The zero-order valence-corrected chi connectivity index (χ0v) is 7.42. The summed E-state index contributed by atoms with van der Waals surface area (Å²) in [6.07, 6.45) is -1.58. The van der Waals surface area contributed by atoms with Crippen LogP contribution < -0.4 is 0 Å². The van der Waals surface area contributed by atoms with Crippen LogP contribution in [0, 0.1) is 0 Å². The van der Waals surface area contributed by atoms with Crippen molar-refractivity contribution in [3.05, 3.63) is 0 Å². The fourth-order valence-corrected chi connectivity index (χ4v) is 1.51. The Morgan fingerprint density at radius 2 is 1.85 bits per heavy atom. The number of hydrogen-bond donors (Lipinski definition) is 2. The minimum atomic E-state index is -2.32. The minimum Gasteiger partial charge on any atom is -0.393 e. The molecule has 0 amide bonds. The third-order valence-corrected chi connectivity index (χ3v) is 2.48. The summed E-state index contributed by atoms with van der Waals surface area (Å²) in [6.45, 7) is 0.347. The van der Waals surface area contributed by atoms with E-state index < -0.39 is 12.0 Å². The SMILES string of the molecule is OCC1(O)CCN(CC(F)F)CC1. The molecule has 0 radical (unpaired) electrons. The molecule has 1 heterocycles. The Bertz CT molecular complexity index is 158. The van der Waals surface area contributed by atoms with Gasteiger partial charge in [-0.05, 0) is 12.8 Å². The molecule has 0 aliphatic carbocycles. The zero-order chi connectivity index (χ0) is 9.90. The summed E-state index contributed by atoms with van der Waals surface area (Å²) in [5, 5.41) is 18.4. The molecule has 0 saturated carbocycles. The molecule has 3 nitrogen and oxygen atoms in total. The maximum absolute atomic E-state index is 11.9. The fraction of sp³-hybridized carbons (Fsp3) is 1.00. The molecule has 78 valence electrons. The lowest BCUT2D eigenvalue weighted by Gasteiger charge is -2.36. The lowest BCUT2D eigenvalue weighted by Crippen LogP contribution is -2.47. The summed E-state index contributed by atoms with van der Waals surface area (Å²) in [5.74, 6) is 0. The zero-order valence-electron chi connectivity index (χ0n) is 7.42. The van der Waals surface area contributed by atoms with Crippen LogP contribution in [0.3, 0.4) is 0 Å². The number of nitrogens with zero attached hydrogens (tertiary/aromatic N) is 1. The Morgan fingerprint density at radius 1 is 1.31 bits per heavy atom. The predicted molar refractivity (Wildman–Crippen MR) is 43.7 cm³/mol. The fourth-order valence-electron chi connectivity index (χ4n) is 1.51. The maximum atomic E-state index is 11.9. The van der Waals surface area contributed by atoms with Crippen LogP contribution in [0.4, 0.5) is 8.78 Å². The van der Waals surface area contributed by atoms with Crippen molar-refractivity contribution in [2.24, 2.45) is 0 Å². The monoisotopic (exact) mass is 195 g/mol. The first-order valence-electron chi connectivity index (χ1n) is 4.39. The molecule has 13 heavy (non-hydrogen) atoms. The highest BCUT2D eigenvalue weighted by molar-refractivity contribution is 4.85. The summed E-state index contributed by atoms with van der Waals surface area (Å²) in [4.78, 5) is 1.61. The Balaban J connectivity index is 2.30. The van der Waals surface area contributed by atoms with Gasteiger partial charge < -0.3 is 10.2 Å². The van der Waals surface area contributed by atoms with Crippen molar-refractivity contribution in [3.63, 3.8) is 0 Å². The van der Waals surface area contributed by atoms with Gasteiger partial charge in [0.25, 0.3) is 6.43 Å². The van der Waals surface area contributed by atoms with Crippen LogP contribution in [0.25, 0.3) is 0 Å². The molecule has 0 bridgehead atoms. The molecule has 0 aromatic carbocycles. The Kier molecular flexibility index (Phi) is 3.58. The van der Waals surface area contributed by atoms with E-state index in [9.17, 15) is 13.9 Å². The molecule has 1 rings (SSSR count). The summed E-state index contributed by atoms with van der Waals surface area (Å²) < 4.78 is 23.9. The molecule has 1 saturated heterocycles. The second-order valence-corrected chi connectivity index (χ2v) is 3.57. The van der Waals surface area contributed by atoms with Crippen LogP contribution in [0.1, 0.15) is 12.8 Å². The average molecular weight is 195 g/mol. The van der Waals surface area contributed by atoms with Crippen LogP contribution >= 0.6 is 0 Å². The van der Waals surface area contributed by atoms with E-state index in [0.717, 1.165) is 0 Å². The van der Waals surface area contributed by atoms with E-state index in [1.54, 1.807) is 4.90 Å². The van der Waals surface area contributed by atoms with Crippen LogP contribution in [0.2, 0.25) is 0 Å². The smallest absolute Gasteiger partial charge is 0.251 e. The van der Waals surface area contributed by atoms with Gasteiger partial charge in [-0.2, -0.15) is 0 Å². The molecule has 0 spiro atoms. The Morgan fingerprint density at radius 3 is 2.23 bits per heavy atom. The van der Waals surface area contributed by atoms with Crippen LogP contribution in [-0.2, 0) is 0 Å². The highest BCUT2D eigenvalue weighted by Crippen LogP contribution is 2.21. The number of piperidine rings is 1. The van der Waals surface area contributed by atoms with Gasteiger partial charge in [-0.15, -0.1) is 0 Å². The molecule has 0 unspecified atom stereocenters. The average Bonchev–Trinajstić information content (AvgIpc) is 2.09. The van der Waals surface area contributed by atoms with E-state index >= 15 is 0 Å². The molecular formula is C8H15F2NO2. The molecule has 0 aromatic rings. The van der Waals surface area contributed by atoms with Crippen LogP contribution in [0.5, 0.6) is 0 Å². The van der Waals surface area contributed by atoms with Gasteiger partial charge in [0.05, 0.1) is 18.8 Å². The van der Waals surface area contributed by atoms with Crippen molar-refractivity contribution in [1.82, 2.24) is 4.90 Å². The molecule has 5 heteroatoms. The summed E-state index contributed by atoms with van der Waals surface area (Å²) in [6, 6.07) is 0. The summed E-state index contributed by atoms with van der Waals surface area (Å²) >= 11 is 0. The second-order valence-electron chi connectivity index (χ2n) is 3.57. The normalized spacial score (nSPS) is 23.8. The molecule has 1 fully saturated rings. The van der Waals surface area contributed by atoms with Crippen LogP contribution in [0.15, 0.2) is 0 Å². The summed E-state index contributed by atoms with van der Waals surface area (Å²) in [7, 11) is 0. The van der Waals surface area contributed by atoms with Crippen molar-refractivity contribution in [2.75, 3.05) is 26.2 Å². The number of hydrogen-bond acceptors (Lipinski definition) is 3. The van der Waals surface area contributed by atoms with E-state index in [0.29, 0.717) is 25.9 Å². The topological polar surface area (TPSA) is 43.7 Å². The second kappa shape index (κ2) is 4.30. The van der Waals surface area contributed by atoms with Gasteiger partial charge in [-0.1, -0.05) is 0 Å². The van der Waals surface area contributed by atoms with Gasteiger partial charge in [-0.25, -0.2) is 8.78 Å². The van der Waals surface area contributed by atoms with Crippen molar-refractivity contribution < 1.29 is 19.0 Å². The van der Waals surface area contributed by atoms with Gasteiger partial charge in [-0.3, -0.25) is 4.90 Å². The summed E-state index contributed by atoms with van der Waals surface area (Å²) in [5.41, 5.74) is -1.04. The third kappa shape index (κ3) is 3.17. The molecule has 0 aromatic heterocycles. The Hall–Kier alpha value is -0.260. The van der Waals surface area contributed by atoms with Crippen molar-refractivity contribution in [3.8, 4) is 0 Å². The van der Waals surface area contributed by atoms with Gasteiger partial charge in [0.15, 0.2) is 0 Å². The quantitative estimate of drug-likeness (QED) is 0.669. The van der Waals surface area contributed by atoms with Gasteiger partial charge in [0.1, 0.15) is 0 Å². The van der Waals surface area contributed by atoms with Gasteiger partial charge in [0.2, 0.25) is 0 Å². The molecule has 1 aliphatic rings. The van der Waals surface area contributed by atoms with Gasteiger partial charge >= 0.3 is 0 Å². The van der Waals surface area contributed by atoms with E-state index in [4.69, 9.17) is 5.11 Å². The first-order valence-corrected chi connectivity index (χ1v) is 4.39. The molecule has 1 aliphatic heterocycles. The first-order chi connectivity index (χ1) is 6.06. The van der Waals surface area contributed by atoms with Gasteiger partial charge in [0, 0.05) is 13.1 Å². The lowest BCUT2D eigenvalue weighted by atomic mass is 9.92. The van der Waals surface area contributed by atoms with E-state index in [-0.39, 0.29) is 13.2 Å². The number of aliphatic hydroxyl groups is 2. The molecule has 2 N–H and O–H groups in total. The highest BCUT2D eigenvalue weighted by Gasteiger charge is 2.31. The highest BCUT2D eigenvalue weighted by atomic mass is 19.3. The van der Waals surface area contributed by atoms with Crippen molar-refractivity contribution in [1.29, 1.82) is 0 Å². The van der Waals surface area contributed by atoms with Crippen molar-refractivity contribution >= 4 is 0 Å². The number of likely N-dealkylation sites (tertiary alicyclic amines) is 1. The number of halogens is 2. The molecular weight excluding hydrogens is 180 g/mol.